The van der Waals surface area contributed by atoms with E-state index < -0.39 is 45.7 Å². The van der Waals surface area contributed by atoms with Crippen molar-refractivity contribution in [1.29, 1.82) is 0 Å². The topological polar surface area (TPSA) is 74.7 Å². The number of carbonyl (C=O) groups is 1. The summed E-state index contributed by atoms with van der Waals surface area (Å²) in [6, 6.07) is 2.07. The number of aliphatic carboxylic acids is 1. The maximum absolute atomic E-state index is 12.7. The van der Waals surface area contributed by atoms with Gasteiger partial charge in [0.25, 0.3) is 0 Å². The zero-order valence-electron chi connectivity index (χ0n) is 10.7. The molecular weight excluding hydrogens is 335 g/mol. The van der Waals surface area contributed by atoms with E-state index in [4.69, 9.17) is 16.7 Å². The van der Waals surface area contributed by atoms with Crippen molar-refractivity contribution in [2.75, 3.05) is 16.6 Å². The highest BCUT2D eigenvalue weighted by Gasteiger charge is 2.33. The van der Waals surface area contributed by atoms with E-state index in [0.717, 1.165) is 6.07 Å². The molecule has 0 radical (unpaired) electrons. The molecule has 0 heterocycles. The third kappa shape index (κ3) is 4.24. The van der Waals surface area contributed by atoms with Crippen LogP contribution in [0.25, 0.3) is 0 Å². The number of anilines is 1. The Hall–Kier alpha value is -1.48. The molecule has 0 aliphatic rings. The van der Waals surface area contributed by atoms with E-state index in [1.54, 1.807) is 0 Å². The van der Waals surface area contributed by atoms with Gasteiger partial charge in [0.1, 0.15) is 6.54 Å². The van der Waals surface area contributed by atoms with Crippen molar-refractivity contribution in [2.24, 2.45) is 0 Å². The highest BCUT2D eigenvalue weighted by atomic mass is 35.5. The van der Waals surface area contributed by atoms with Gasteiger partial charge < -0.3 is 5.11 Å². The fourth-order valence-corrected chi connectivity index (χ4v) is 2.83. The van der Waals surface area contributed by atoms with Gasteiger partial charge in [0.15, 0.2) is 0 Å². The Morgan fingerprint density at radius 2 is 1.95 bits per heavy atom. The maximum Gasteiger partial charge on any atom is 0.416 e. The van der Waals surface area contributed by atoms with E-state index in [2.05, 4.69) is 0 Å². The lowest BCUT2D eigenvalue weighted by atomic mass is 10.2. The number of benzene rings is 1. The second kappa shape index (κ2) is 6.10. The van der Waals surface area contributed by atoms with Gasteiger partial charge in [0.05, 0.1) is 22.0 Å². The fraction of sp³-hybridized carbons (Fsp3) is 0.364. The van der Waals surface area contributed by atoms with E-state index in [0.29, 0.717) is 16.4 Å². The molecule has 0 unspecified atom stereocenters. The van der Waals surface area contributed by atoms with Crippen molar-refractivity contribution < 1.29 is 31.5 Å². The first-order chi connectivity index (χ1) is 9.49. The molecule has 0 saturated heterocycles. The quantitative estimate of drug-likeness (QED) is 0.890. The molecule has 0 amide bonds. The number of rotatable bonds is 5. The van der Waals surface area contributed by atoms with E-state index in [9.17, 15) is 26.4 Å². The number of carboxylic acid groups (broad SMARTS) is 1. The predicted octanol–water partition coefficient (Wildman–Crippen LogP) is 2.60. The average molecular weight is 346 g/mol. The van der Waals surface area contributed by atoms with Gasteiger partial charge in [0, 0.05) is 0 Å². The van der Waals surface area contributed by atoms with E-state index >= 15 is 0 Å². The van der Waals surface area contributed by atoms with E-state index in [-0.39, 0.29) is 5.02 Å². The number of alkyl halides is 3. The monoisotopic (exact) mass is 345 g/mol. The lowest BCUT2D eigenvalue weighted by molar-refractivity contribution is -0.137. The summed E-state index contributed by atoms with van der Waals surface area (Å²) >= 11 is 5.72. The third-order valence-corrected chi connectivity index (χ3v) is 4.57. The predicted molar refractivity (Wildman–Crippen MR) is 70.9 cm³/mol. The molecule has 1 aromatic carbocycles. The van der Waals surface area contributed by atoms with Crippen molar-refractivity contribution in [2.45, 2.75) is 13.1 Å². The Labute approximate surface area is 124 Å². The number of hydrogen-bond acceptors (Lipinski definition) is 3. The minimum atomic E-state index is -4.70. The van der Waals surface area contributed by atoms with Gasteiger partial charge in [-0.25, -0.2) is 8.42 Å². The van der Waals surface area contributed by atoms with E-state index in [1.807, 2.05) is 0 Å². The summed E-state index contributed by atoms with van der Waals surface area (Å²) in [5.74, 6) is -1.99. The molecule has 10 heteroatoms. The summed E-state index contributed by atoms with van der Waals surface area (Å²) in [4.78, 5) is 10.8. The van der Waals surface area contributed by atoms with Crippen LogP contribution in [0.3, 0.4) is 0 Å². The first-order valence-electron chi connectivity index (χ1n) is 5.58. The van der Waals surface area contributed by atoms with Gasteiger partial charge in [-0.05, 0) is 25.1 Å². The van der Waals surface area contributed by atoms with Crippen LogP contribution in [0.4, 0.5) is 18.9 Å². The van der Waals surface area contributed by atoms with Crippen LogP contribution < -0.4 is 4.31 Å². The summed E-state index contributed by atoms with van der Waals surface area (Å²) in [6.45, 7) is 0.225. The minimum absolute atomic E-state index is 0.290. The molecule has 0 aliphatic heterocycles. The van der Waals surface area contributed by atoms with Crippen molar-refractivity contribution >= 4 is 33.3 Å². The van der Waals surface area contributed by atoms with E-state index in [1.165, 1.54) is 6.92 Å². The number of hydrogen-bond donors (Lipinski definition) is 1. The van der Waals surface area contributed by atoms with Gasteiger partial charge >= 0.3 is 12.1 Å². The molecule has 1 aromatic rings. The Morgan fingerprint density at radius 1 is 1.38 bits per heavy atom. The molecule has 0 saturated carbocycles. The molecule has 0 bridgehead atoms. The highest BCUT2D eigenvalue weighted by Crippen LogP contribution is 2.36. The molecule has 118 valence electrons. The summed E-state index contributed by atoms with van der Waals surface area (Å²) < 4.78 is 62.1. The van der Waals surface area contributed by atoms with Crippen molar-refractivity contribution in [3.8, 4) is 0 Å². The Kier molecular flexibility index (Phi) is 5.11. The van der Waals surface area contributed by atoms with Crippen molar-refractivity contribution in [3.63, 3.8) is 0 Å². The average Bonchev–Trinajstić information content (AvgIpc) is 2.35. The van der Waals surface area contributed by atoms with Crippen LogP contribution in [-0.2, 0) is 21.0 Å². The zero-order valence-corrected chi connectivity index (χ0v) is 12.3. The Balaban J connectivity index is 3.47. The summed E-state index contributed by atoms with van der Waals surface area (Å²) in [5, 5.41) is 8.46. The van der Waals surface area contributed by atoms with Crippen LogP contribution in [0.15, 0.2) is 18.2 Å². The molecule has 0 atom stereocenters. The molecule has 0 fully saturated rings. The first-order valence-corrected chi connectivity index (χ1v) is 7.56. The Morgan fingerprint density at radius 3 is 2.38 bits per heavy atom. The van der Waals surface area contributed by atoms with Crippen LogP contribution in [0.5, 0.6) is 0 Å². The molecule has 0 aromatic heterocycles. The number of carboxylic acids is 1. The van der Waals surface area contributed by atoms with Gasteiger partial charge in [-0.1, -0.05) is 11.6 Å². The summed E-state index contributed by atoms with van der Waals surface area (Å²) in [6.07, 6.45) is -4.70. The van der Waals surface area contributed by atoms with Crippen LogP contribution in [0.2, 0.25) is 5.02 Å². The standard InChI is InChI=1S/C11H11ClF3NO4S/c1-2-21(19,20)16(6-10(17)18)9-5-7(11(13,14)15)3-4-8(9)12/h3-5H,2,6H2,1H3,(H,17,18). The summed E-state index contributed by atoms with van der Waals surface area (Å²) in [7, 11) is -4.09. The first kappa shape index (κ1) is 17.6. The van der Waals surface area contributed by atoms with Crippen molar-refractivity contribution in [1.82, 2.24) is 0 Å². The normalized spacial score (nSPS) is 12.2. The smallest absolute Gasteiger partial charge is 0.416 e. The van der Waals surface area contributed by atoms with Gasteiger partial charge in [-0.3, -0.25) is 9.10 Å². The molecule has 0 spiro atoms. The minimum Gasteiger partial charge on any atom is -0.480 e. The van der Waals surface area contributed by atoms with Gasteiger partial charge in [-0.2, -0.15) is 13.2 Å². The number of sulfonamides is 1. The molecule has 5 nitrogen and oxygen atoms in total. The zero-order chi connectivity index (χ0) is 16.4. The lowest BCUT2D eigenvalue weighted by Gasteiger charge is -2.23. The second-order valence-corrected chi connectivity index (χ2v) is 6.55. The molecule has 1 rings (SSSR count). The van der Waals surface area contributed by atoms with Crippen molar-refractivity contribution in [3.05, 3.63) is 28.8 Å². The van der Waals surface area contributed by atoms with Gasteiger partial charge in [0.2, 0.25) is 10.0 Å². The maximum atomic E-state index is 12.7. The molecule has 21 heavy (non-hydrogen) atoms. The number of nitrogens with zero attached hydrogens (tertiary/aromatic N) is 1. The molecular formula is C11H11ClF3NO4S. The lowest BCUT2D eigenvalue weighted by Crippen LogP contribution is -2.37. The summed E-state index contributed by atoms with van der Waals surface area (Å²) in [5.41, 5.74) is -1.64. The fourth-order valence-electron chi connectivity index (χ4n) is 1.49. The van der Waals surface area contributed by atoms with Crippen LogP contribution in [0.1, 0.15) is 12.5 Å². The second-order valence-electron chi connectivity index (χ2n) is 3.96. The van der Waals surface area contributed by atoms with Crippen LogP contribution in [0, 0.1) is 0 Å². The van der Waals surface area contributed by atoms with Gasteiger partial charge in [-0.15, -0.1) is 0 Å². The SMILES string of the molecule is CCS(=O)(=O)N(CC(=O)O)c1cc(C(F)(F)F)ccc1Cl. The highest BCUT2D eigenvalue weighted by molar-refractivity contribution is 7.92. The Bertz CT molecular complexity index is 645. The molecule has 1 N–H and O–H groups in total. The molecule has 0 aliphatic carbocycles. The third-order valence-electron chi connectivity index (χ3n) is 2.52. The largest absolute Gasteiger partial charge is 0.480 e. The van der Waals surface area contributed by atoms with Crippen LogP contribution in [-0.4, -0.2) is 31.8 Å². The number of halogens is 4. The van der Waals surface area contributed by atoms with Crippen LogP contribution >= 0.6 is 11.6 Å².